The third kappa shape index (κ3) is 2.44. The highest BCUT2D eigenvalue weighted by Gasteiger charge is 2.32. The lowest BCUT2D eigenvalue weighted by Gasteiger charge is -2.31. The van der Waals surface area contributed by atoms with Crippen molar-refractivity contribution in [1.82, 2.24) is 20.1 Å². The van der Waals surface area contributed by atoms with Gasteiger partial charge in [-0.05, 0) is 44.2 Å². The zero-order chi connectivity index (χ0) is 16.8. The van der Waals surface area contributed by atoms with Crippen molar-refractivity contribution in [3.8, 4) is 0 Å². The molecule has 6 heteroatoms. The molecule has 5 rings (SSSR count). The number of piperidine rings is 1. The fourth-order valence-electron chi connectivity index (χ4n) is 4.07. The van der Waals surface area contributed by atoms with Gasteiger partial charge in [-0.25, -0.2) is 4.98 Å². The molecule has 0 saturated carbocycles. The molecule has 1 fully saturated rings. The van der Waals surface area contributed by atoms with Gasteiger partial charge in [0.2, 0.25) is 0 Å². The summed E-state index contributed by atoms with van der Waals surface area (Å²) in [5.41, 5.74) is 4.56. The molecular formula is C19H20N4O2. The Morgan fingerprint density at radius 3 is 3.08 bits per heavy atom. The standard InChI is InChI=1S/C19H20N4O2/c24-19(17-13-6-3-8-14(13)21-22-17)23-10-4-5-12(11-23)18-20-15-7-1-2-9-16(15)25-18/h1-2,7,9,12H,3-6,8,10-11H2,(H,21,22)/t12-/m0/s1. The Labute approximate surface area is 145 Å². The highest BCUT2D eigenvalue weighted by atomic mass is 16.3. The predicted molar refractivity (Wildman–Crippen MR) is 92.5 cm³/mol. The summed E-state index contributed by atoms with van der Waals surface area (Å²) in [6, 6.07) is 7.81. The normalized spacial score (nSPS) is 20.2. The number of carbonyl (C=O) groups is 1. The highest BCUT2D eigenvalue weighted by molar-refractivity contribution is 5.94. The van der Waals surface area contributed by atoms with Crippen LogP contribution in [-0.4, -0.2) is 39.1 Å². The van der Waals surface area contributed by atoms with E-state index in [4.69, 9.17) is 4.42 Å². The molecule has 6 nitrogen and oxygen atoms in total. The van der Waals surface area contributed by atoms with E-state index in [0.29, 0.717) is 12.2 Å². The topological polar surface area (TPSA) is 75.0 Å². The molecule has 3 heterocycles. The molecule has 1 N–H and O–H groups in total. The van der Waals surface area contributed by atoms with Gasteiger partial charge >= 0.3 is 0 Å². The number of oxazole rings is 1. The van der Waals surface area contributed by atoms with E-state index in [9.17, 15) is 4.79 Å². The van der Waals surface area contributed by atoms with Crippen molar-refractivity contribution in [3.05, 3.63) is 47.1 Å². The lowest BCUT2D eigenvalue weighted by atomic mass is 9.97. The first kappa shape index (κ1) is 14.7. The van der Waals surface area contributed by atoms with Crippen molar-refractivity contribution in [2.45, 2.75) is 38.0 Å². The Morgan fingerprint density at radius 2 is 2.16 bits per heavy atom. The van der Waals surface area contributed by atoms with E-state index in [2.05, 4.69) is 15.2 Å². The van der Waals surface area contributed by atoms with Crippen LogP contribution in [0, 0.1) is 0 Å². The number of aromatic nitrogens is 3. The number of nitrogens with one attached hydrogen (secondary N) is 1. The molecule has 0 bridgehead atoms. The second-order valence-corrected chi connectivity index (χ2v) is 6.99. The molecule has 1 atom stereocenters. The van der Waals surface area contributed by atoms with Gasteiger partial charge in [0.1, 0.15) is 5.52 Å². The van der Waals surface area contributed by atoms with Gasteiger partial charge in [0.25, 0.3) is 5.91 Å². The van der Waals surface area contributed by atoms with Gasteiger partial charge < -0.3 is 9.32 Å². The van der Waals surface area contributed by atoms with Crippen LogP contribution >= 0.6 is 0 Å². The number of likely N-dealkylation sites (tertiary alicyclic amines) is 1. The van der Waals surface area contributed by atoms with Crippen LogP contribution in [0.3, 0.4) is 0 Å². The summed E-state index contributed by atoms with van der Waals surface area (Å²) in [5, 5.41) is 7.33. The second-order valence-electron chi connectivity index (χ2n) is 6.99. The number of nitrogens with zero attached hydrogens (tertiary/aromatic N) is 3. The summed E-state index contributed by atoms with van der Waals surface area (Å²) in [7, 11) is 0. The van der Waals surface area contributed by atoms with Gasteiger partial charge in [-0.15, -0.1) is 0 Å². The van der Waals surface area contributed by atoms with Crippen LogP contribution in [0.15, 0.2) is 28.7 Å². The summed E-state index contributed by atoms with van der Waals surface area (Å²) in [5.74, 6) is 0.934. The van der Waals surface area contributed by atoms with Crippen LogP contribution in [-0.2, 0) is 12.8 Å². The van der Waals surface area contributed by atoms with E-state index >= 15 is 0 Å². The van der Waals surface area contributed by atoms with Crippen molar-refractivity contribution in [2.24, 2.45) is 0 Å². The van der Waals surface area contributed by atoms with Crippen molar-refractivity contribution in [3.63, 3.8) is 0 Å². The maximum Gasteiger partial charge on any atom is 0.274 e. The SMILES string of the molecule is O=C(c1n[nH]c2c1CCC2)N1CCC[C@H](c2nc3ccccc3o2)C1. The van der Waals surface area contributed by atoms with E-state index in [1.54, 1.807) is 0 Å². The number of rotatable bonds is 2. The number of aromatic amines is 1. The molecule has 1 amide bonds. The smallest absolute Gasteiger partial charge is 0.274 e. The zero-order valence-corrected chi connectivity index (χ0v) is 14.0. The molecule has 128 valence electrons. The molecule has 1 aliphatic carbocycles. The third-order valence-corrected chi connectivity index (χ3v) is 5.38. The van der Waals surface area contributed by atoms with Crippen LogP contribution in [0.2, 0.25) is 0 Å². The molecule has 1 saturated heterocycles. The van der Waals surface area contributed by atoms with E-state index in [-0.39, 0.29) is 11.8 Å². The van der Waals surface area contributed by atoms with E-state index < -0.39 is 0 Å². The minimum atomic E-state index is 0.0419. The molecular weight excluding hydrogens is 316 g/mol. The molecule has 25 heavy (non-hydrogen) atoms. The Balaban J connectivity index is 1.39. The summed E-state index contributed by atoms with van der Waals surface area (Å²) in [4.78, 5) is 19.5. The number of para-hydroxylation sites is 2. The van der Waals surface area contributed by atoms with Crippen LogP contribution in [0.1, 0.15) is 52.8 Å². The van der Waals surface area contributed by atoms with E-state index in [1.165, 1.54) is 0 Å². The van der Waals surface area contributed by atoms with Crippen molar-refractivity contribution in [2.75, 3.05) is 13.1 Å². The Bertz CT molecular complexity index is 909. The lowest BCUT2D eigenvalue weighted by Crippen LogP contribution is -2.39. The van der Waals surface area contributed by atoms with Crippen LogP contribution in [0.5, 0.6) is 0 Å². The Hall–Kier alpha value is -2.63. The first-order valence-corrected chi connectivity index (χ1v) is 9.00. The number of H-pyrrole nitrogens is 1. The van der Waals surface area contributed by atoms with Crippen LogP contribution in [0.4, 0.5) is 0 Å². The Kier molecular flexibility index (Phi) is 3.36. The van der Waals surface area contributed by atoms with Gasteiger partial charge in [0.15, 0.2) is 17.2 Å². The quantitative estimate of drug-likeness (QED) is 0.780. The monoisotopic (exact) mass is 336 g/mol. The molecule has 2 aromatic heterocycles. The number of fused-ring (bicyclic) bond motifs is 2. The van der Waals surface area contributed by atoms with E-state index in [0.717, 1.165) is 66.9 Å². The minimum absolute atomic E-state index is 0.0419. The maximum absolute atomic E-state index is 13.0. The molecule has 0 unspecified atom stereocenters. The first-order valence-electron chi connectivity index (χ1n) is 9.00. The van der Waals surface area contributed by atoms with Crippen LogP contribution in [0.25, 0.3) is 11.1 Å². The van der Waals surface area contributed by atoms with Gasteiger partial charge in [0, 0.05) is 24.3 Å². The molecule has 2 aliphatic rings. The van der Waals surface area contributed by atoms with Gasteiger partial charge in [0.05, 0.1) is 5.92 Å². The fraction of sp³-hybridized carbons (Fsp3) is 0.421. The second kappa shape index (κ2) is 5.72. The molecule has 1 aromatic carbocycles. The molecule has 3 aromatic rings. The fourth-order valence-corrected chi connectivity index (χ4v) is 4.07. The van der Waals surface area contributed by atoms with Gasteiger partial charge in [-0.2, -0.15) is 5.10 Å². The van der Waals surface area contributed by atoms with Gasteiger partial charge in [-0.3, -0.25) is 9.89 Å². The van der Waals surface area contributed by atoms with Crippen LogP contribution < -0.4 is 0 Å². The highest BCUT2D eigenvalue weighted by Crippen LogP contribution is 2.30. The van der Waals surface area contributed by atoms with Crippen molar-refractivity contribution >= 4 is 17.0 Å². The molecule has 0 spiro atoms. The maximum atomic E-state index is 13.0. The van der Waals surface area contributed by atoms with Crippen molar-refractivity contribution < 1.29 is 9.21 Å². The van der Waals surface area contributed by atoms with E-state index in [1.807, 2.05) is 29.2 Å². The number of benzene rings is 1. The summed E-state index contributed by atoms with van der Waals surface area (Å²) in [6.07, 6.45) is 5.02. The molecule has 0 radical (unpaired) electrons. The summed E-state index contributed by atoms with van der Waals surface area (Å²) in [6.45, 7) is 1.42. The Morgan fingerprint density at radius 1 is 1.24 bits per heavy atom. The third-order valence-electron chi connectivity index (χ3n) is 5.38. The number of aryl methyl sites for hydroxylation is 1. The average Bonchev–Trinajstić information content (AvgIpc) is 3.36. The number of hydrogen-bond donors (Lipinski definition) is 1. The lowest BCUT2D eigenvalue weighted by molar-refractivity contribution is 0.0692. The largest absolute Gasteiger partial charge is 0.440 e. The minimum Gasteiger partial charge on any atom is -0.440 e. The summed E-state index contributed by atoms with van der Waals surface area (Å²) < 4.78 is 5.93. The summed E-state index contributed by atoms with van der Waals surface area (Å²) >= 11 is 0. The number of hydrogen-bond acceptors (Lipinski definition) is 4. The molecule has 1 aliphatic heterocycles. The predicted octanol–water partition coefficient (Wildman–Crippen LogP) is 3.06. The first-order chi connectivity index (χ1) is 12.3. The van der Waals surface area contributed by atoms with Crippen molar-refractivity contribution in [1.29, 1.82) is 0 Å². The number of carbonyl (C=O) groups excluding carboxylic acids is 1. The average molecular weight is 336 g/mol. The number of amides is 1. The van der Waals surface area contributed by atoms with Gasteiger partial charge in [-0.1, -0.05) is 12.1 Å². The zero-order valence-electron chi connectivity index (χ0n) is 14.0.